The van der Waals surface area contributed by atoms with E-state index < -0.39 is 0 Å². The van der Waals surface area contributed by atoms with E-state index in [-0.39, 0.29) is 12.4 Å². The summed E-state index contributed by atoms with van der Waals surface area (Å²) >= 11 is 0. The third kappa shape index (κ3) is 3.18. The Kier molecular flexibility index (Phi) is 4.13. The highest BCUT2D eigenvalue weighted by Crippen LogP contribution is 2.12. The number of benzene rings is 1. The zero-order valence-corrected chi connectivity index (χ0v) is 8.19. The second-order valence-electron chi connectivity index (χ2n) is 3.01. The minimum atomic E-state index is 0.0481. The molecular weight excluding hydrogens is 180 g/mol. The molecule has 3 nitrogen and oxygen atoms in total. The maximum Gasteiger partial charge on any atom is 0.159 e. The number of rotatable bonds is 5. The second kappa shape index (κ2) is 5.40. The average Bonchev–Trinajstić information content (AvgIpc) is 2.19. The molecule has 0 spiro atoms. The van der Waals surface area contributed by atoms with Gasteiger partial charge in [-0.3, -0.25) is 4.79 Å². The molecule has 0 bridgehead atoms. The molecule has 1 N–H and O–H groups in total. The van der Waals surface area contributed by atoms with Crippen molar-refractivity contribution in [2.75, 3.05) is 13.2 Å². The lowest BCUT2D eigenvalue weighted by molar-refractivity contribution is 0.101. The van der Waals surface area contributed by atoms with Gasteiger partial charge in [0.1, 0.15) is 5.75 Å². The Morgan fingerprint density at radius 3 is 2.50 bits per heavy atom. The van der Waals surface area contributed by atoms with Gasteiger partial charge in [0.05, 0.1) is 6.61 Å². The fourth-order valence-electron chi connectivity index (χ4n) is 1.04. The minimum Gasteiger partial charge on any atom is -0.494 e. The van der Waals surface area contributed by atoms with Crippen molar-refractivity contribution in [2.45, 2.75) is 13.3 Å². The van der Waals surface area contributed by atoms with Crippen LogP contribution in [0.5, 0.6) is 5.75 Å². The van der Waals surface area contributed by atoms with E-state index in [0.717, 1.165) is 5.75 Å². The number of aliphatic hydroxyl groups excluding tert-OH is 1. The zero-order valence-electron chi connectivity index (χ0n) is 8.19. The van der Waals surface area contributed by atoms with Gasteiger partial charge in [-0.1, -0.05) is 0 Å². The molecule has 1 rings (SSSR count). The van der Waals surface area contributed by atoms with Gasteiger partial charge >= 0.3 is 0 Å². The molecule has 14 heavy (non-hydrogen) atoms. The van der Waals surface area contributed by atoms with Crippen molar-refractivity contribution in [3.8, 4) is 5.75 Å². The van der Waals surface area contributed by atoms with Gasteiger partial charge in [-0.25, -0.2) is 0 Å². The first-order valence-corrected chi connectivity index (χ1v) is 4.58. The van der Waals surface area contributed by atoms with Crippen molar-refractivity contribution >= 4 is 5.78 Å². The normalized spacial score (nSPS) is 9.86. The smallest absolute Gasteiger partial charge is 0.159 e. The van der Waals surface area contributed by atoms with Gasteiger partial charge in [-0.05, 0) is 31.2 Å². The van der Waals surface area contributed by atoms with E-state index in [1.54, 1.807) is 24.3 Å². The lowest BCUT2D eigenvalue weighted by Crippen LogP contribution is -2.00. The molecule has 3 heteroatoms. The first kappa shape index (κ1) is 10.7. The number of carbonyl (C=O) groups excluding carboxylic acids is 1. The summed E-state index contributed by atoms with van der Waals surface area (Å²) in [5, 5.41) is 8.54. The summed E-state index contributed by atoms with van der Waals surface area (Å²) in [7, 11) is 0. The van der Waals surface area contributed by atoms with E-state index in [4.69, 9.17) is 9.84 Å². The van der Waals surface area contributed by atoms with E-state index in [1.807, 2.05) is 0 Å². The monoisotopic (exact) mass is 194 g/mol. The van der Waals surface area contributed by atoms with Crippen LogP contribution in [0.1, 0.15) is 23.7 Å². The van der Waals surface area contributed by atoms with Gasteiger partial charge in [0.2, 0.25) is 0 Å². The van der Waals surface area contributed by atoms with Crippen LogP contribution in [0.4, 0.5) is 0 Å². The van der Waals surface area contributed by atoms with Crippen molar-refractivity contribution in [1.29, 1.82) is 0 Å². The summed E-state index contributed by atoms with van der Waals surface area (Å²) in [5.41, 5.74) is 0.680. The van der Waals surface area contributed by atoms with Crippen LogP contribution < -0.4 is 4.74 Å². The van der Waals surface area contributed by atoms with Crippen LogP contribution >= 0.6 is 0 Å². The molecule has 0 aliphatic carbocycles. The molecular formula is C11H14O3. The van der Waals surface area contributed by atoms with Crippen LogP contribution in [0.25, 0.3) is 0 Å². The molecule has 0 heterocycles. The number of ether oxygens (including phenoxy) is 1. The molecule has 0 aliphatic rings. The van der Waals surface area contributed by atoms with Crippen LogP contribution in [0, 0.1) is 0 Å². The molecule has 1 aromatic carbocycles. The van der Waals surface area contributed by atoms with Crippen LogP contribution in [-0.2, 0) is 0 Å². The van der Waals surface area contributed by atoms with E-state index in [1.165, 1.54) is 6.92 Å². The molecule has 0 amide bonds. The van der Waals surface area contributed by atoms with Gasteiger partial charge in [0, 0.05) is 18.6 Å². The first-order chi connectivity index (χ1) is 6.74. The van der Waals surface area contributed by atoms with Crippen molar-refractivity contribution in [3.63, 3.8) is 0 Å². The van der Waals surface area contributed by atoms with Crippen LogP contribution in [0.15, 0.2) is 24.3 Å². The Bertz CT molecular complexity index is 290. The maximum atomic E-state index is 10.9. The minimum absolute atomic E-state index is 0.0481. The van der Waals surface area contributed by atoms with E-state index in [2.05, 4.69) is 0 Å². The van der Waals surface area contributed by atoms with E-state index in [9.17, 15) is 4.79 Å². The molecule has 76 valence electrons. The largest absolute Gasteiger partial charge is 0.494 e. The summed E-state index contributed by atoms with van der Waals surface area (Å²) in [6.07, 6.45) is 0.620. The highest BCUT2D eigenvalue weighted by Gasteiger charge is 1.98. The summed E-state index contributed by atoms with van der Waals surface area (Å²) in [5.74, 6) is 0.773. The van der Waals surface area contributed by atoms with Gasteiger partial charge < -0.3 is 9.84 Å². The third-order valence-corrected chi connectivity index (χ3v) is 1.83. The lowest BCUT2D eigenvalue weighted by atomic mass is 10.1. The number of ketones is 1. The average molecular weight is 194 g/mol. The van der Waals surface area contributed by atoms with Gasteiger partial charge in [0.15, 0.2) is 5.78 Å². The number of Topliss-reactive ketones (excluding diaryl/α,β-unsaturated/α-hetero) is 1. The predicted octanol–water partition coefficient (Wildman–Crippen LogP) is 1.65. The molecule has 0 fully saturated rings. The lowest BCUT2D eigenvalue weighted by Gasteiger charge is -2.04. The number of hydrogen-bond donors (Lipinski definition) is 1. The number of carbonyl (C=O) groups is 1. The molecule has 1 aromatic rings. The molecule has 0 saturated carbocycles. The third-order valence-electron chi connectivity index (χ3n) is 1.83. The second-order valence-corrected chi connectivity index (χ2v) is 3.01. The number of hydrogen-bond acceptors (Lipinski definition) is 3. The van der Waals surface area contributed by atoms with Gasteiger partial charge in [-0.15, -0.1) is 0 Å². The molecule has 0 saturated heterocycles. The van der Waals surface area contributed by atoms with Crippen LogP contribution in [0.2, 0.25) is 0 Å². The van der Waals surface area contributed by atoms with Crippen LogP contribution in [0.3, 0.4) is 0 Å². The molecule has 0 aromatic heterocycles. The van der Waals surface area contributed by atoms with Crippen molar-refractivity contribution < 1.29 is 14.6 Å². The highest BCUT2D eigenvalue weighted by molar-refractivity contribution is 5.94. The summed E-state index contributed by atoms with van der Waals surface area (Å²) < 4.78 is 5.31. The Morgan fingerprint density at radius 1 is 1.36 bits per heavy atom. The summed E-state index contributed by atoms with van der Waals surface area (Å²) in [4.78, 5) is 10.9. The molecule has 0 unspecified atom stereocenters. The first-order valence-electron chi connectivity index (χ1n) is 4.58. The van der Waals surface area contributed by atoms with Crippen LogP contribution in [-0.4, -0.2) is 24.1 Å². The van der Waals surface area contributed by atoms with Gasteiger partial charge in [0.25, 0.3) is 0 Å². The fraction of sp³-hybridized carbons (Fsp3) is 0.364. The van der Waals surface area contributed by atoms with Crippen molar-refractivity contribution in [2.24, 2.45) is 0 Å². The maximum absolute atomic E-state index is 10.9. The van der Waals surface area contributed by atoms with E-state index >= 15 is 0 Å². The standard InChI is InChI=1S/C11H14O3/c1-9(13)10-3-5-11(6-4-10)14-8-2-7-12/h3-6,12H,2,7-8H2,1H3. The molecule has 0 radical (unpaired) electrons. The molecule has 0 aliphatic heterocycles. The van der Waals surface area contributed by atoms with Crippen molar-refractivity contribution in [1.82, 2.24) is 0 Å². The van der Waals surface area contributed by atoms with Gasteiger partial charge in [-0.2, -0.15) is 0 Å². The Balaban J connectivity index is 2.51. The Labute approximate surface area is 83.3 Å². The SMILES string of the molecule is CC(=O)c1ccc(OCCCO)cc1. The quantitative estimate of drug-likeness (QED) is 0.572. The van der Waals surface area contributed by atoms with Crippen molar-refractivity contribution in [3.05, 3.63) is 29.8 Å². The summed E-state index contributed by atoms with van der Waals surface area (Å²) in [6, 6.07) is 6.98. The summed E-state index contributed by atoms with van der Waals surface area (Å²) in [6.45, 7) is 2.16. The highest BCUT2D eigenvalue weighted by atomic mass is 16.5. The molecule has 0 atom stereocenters. The fourth-order valence-corrected chi connectivity index (χ4v) is 1.04. The number of aliphatic hydroxyl groups is 1. The predicted molar refractivity (Wildman–Crippen MR) is 53.6 cm³/mol. The Morgan fingerprint density at radius 2 is 2.00 bits per heavy atom. The topological polar surface area (TPSA) is 46.5 Å². The van der Waals surface area contributed by atoms with E-state index in [0.29, 0.717) is 18.6 Å². The zero-order chi connectivity index (χ0) is 10.4. The Hall–Kier alpha value is -1.35.